The summed E-state index contributed by atoms with van der Waals surface area (Å²) in [5.74, 6) is -1.78. The molecule has 1 heterocycles. The molecule has 2 N–H and O–H groups in total. The van der Waals surface area contributed by atoms with Gasteiger partial charge in [-0.3, -0.25) is 9.59 Å². The van der Waals surface area contributed by atoms with Crippen LogP contribution in [-0.2, 0) is 9.59 Å². The molecule has 0 radical (unpaired) electrons. The summed E-state index contributed by atoms with van der Waals surface area (Å²) in [6.45, 7) is 0. The van der Waals surface area contributed by atoms with Crippen LogP contribution >= 0.6 is 0 Å². The zero-order valence-corrected chi connectivity index (χ0v) is 8.01. The summed E-state index contributed by atoms with van der Waals surface area (Å²) in [4.78, 5) is 22.1. The van der Waals surface area contributed by atoms with Crippen molar-refractivity contribution in [1.82, 2.24) is 5.32 Å². The Morgan fingerprint density at radius 3 is 2.60 bits per heavy atom. The number of carbonyl (C=O) groups is 2. The third-order valence-electron chi connectivity index (χ3n) is 2.60. The minimum Gasteiger partial charge on any atom is -0.481 e. The van der Waals surface area contributed by atoms with Crippen molar-refractivity contribution in [3.8, 4) is 0 Å². The topological polar surface area (TPSA) is 66.4 Å². The fourth-order valence-electron chi connectivity index (χ4n) is 1.86. The van der Waals surface area contributed by atoms with Gasteiger partial charge in [-0.15, -0.1) is 0 Å². The lowest BCUT2D eigenvalue weighted by Crippen LogP contribution is -2.24. The minimum absolute atomic E-state index is 0.0644. The summed E-state index contributed by atoms with van der Waals surface area (Å²) in [5, 5.41) is 11.7. The molecule has 1 fully saturated rings. The fraction of sp³-hybridized carbons (Fsp3) is 0.273. The van der Waals surface area contributed by atoms with Crippen LogP contribution in [0.25, 0.3) is 0 Å². The number of rotatable bonds is 2. The van der Waals surface area contributed by atoms with Crippen LogP contribution in [-0.4, -0.2) is 17.0 Å². The second-order valence-electron chi connectivity index (χ2n) is 3.60. The predicted molar refractivity (Wildman–Crippen MR) is 53.1 cm³/mol. The molecule has 1 aliphatic heterocycles. The van der Waals surface area contributed by atoms with Crippen LogP contribution in [0.15, 0.2) is 30.3 Å². The molecule has 0 aromatic heterocycles. The van der Waals surface area contributed by atoms with Gasteiger partial charge in [0.1, 0.15) is 0 Å². The van der Waals surface area contributed by atoms with Gasteiger partial charge in [0, 0.05) is 6.42 Å². The first-order valence-electron chi connectivity index (χ1n) is 4.75. The predicted octanol–water partition coefficient (Wildman–Crippen LogP) is 0.948. The maximum Gasteiger partial charge on any atom is 0.309 e. The van der Waals surface area contributed by atoms with Gasteiger partial charge in [0.2, 0.25) is 5.91 Å². The number of amides is 1. The van der Waals surface area contributed by atoms with E-state index in [1.54, 1.807) is 0 Å². The van der Waals surface area contributed by atoms with E-state index in [1.807, 2.05) is 30.3 Å². The number of hydrogen-bond acceptors (Lipinski definition) is 2. The van der Waals surface area contributed by atoms with Crippen LogP contribution in [0, 0.1) is 5.92 Å². The van der Waals surface area contributed by atoms with Crippen LogP contribution < -0.4 is 5.32 Å². The zero-order chi connectivity index (χ0) is 10.8. The fourth-order valence-corrected chi connectivity index (χ4v) is 1.86. The number of carbonyl (C=O) groups excluding carboxylic acids is 1. The molecule has 1 aromatic carbocycles. The molecule has 0 bridgehead atoms. The lowest BCUT2D eigenvalue weighted by atomic mass is 9.94. The second-order valence-corrected chi connectivity index (χ2v) is 3.60. The van der Waals surface area contributed by atoms with Gasteiger partial charge in [-0.1, -0.05) is 30.3 Å². The van der Waals surface area contributed by atoms with E-state index in [9.17, 15) is 9.59 Å². The van der Waals surface area contributed by atoms with Gasteiger partial charge in [-0.25, -0.2) is 0 Å². The lowest BCUT2D eigenvalue weighted by molar-refractivity contribution is -0.142. The van der Waals surface area contributed by atoms with Crippen molar-refractivity contribution >= 4 is 11.9 Å². The Balaban J connectivity index is 2.28. The molecule has 1 amide bonds. The van der Waals surface area contributed by atoms with E-state index in [0.29, 0.717) is 0 Å². The number of carboxylic acids is 1. The van der Waals surface area contributed by atoms with E-state index >= 15 is 0 Å². The molecule has 1 aliphatic rings. The summed E-state index contributed by atoms with van der Waals surface area (Å²) in [6.07, 6.45) is 0.0644. The van der Waals surface area contributed by atoms with Crippen molar-refractivity contribution < 1.29 is 14.7 Å². The molecular formula is C11H11NO3. The van der Waals surface area contributed by atoms with E-state index in [-0.39, 0.29) is 12.3 Å². The molecule has 1 unspecified atom stereocenters. The maximum atomic E-state index is 11.2. The van der Waals surface area contributed by atoms with Gasteiger partial charge in [0.15, 0.2) is 0 Å². The van der Waals surface area contributed by atoms with Crippen molar-refractivity contribution in [2.45, 2.75) is 12.5 Å². The van der Waals surface area contributed by atoms with Gasteiger partial charge < -0.3 is 10.4 Å². The monoisotopic (exact) mass is 205 g/mol. The Labute approximate surface area is 86.9 Å². The van der Waals surface area contributed by atoms with E-state index in [2.05, 4.69) is 5.32 Å². The molecule has 1 saturated heterocycles. The number of aliphatic carboxylic acids is 1. The third kappa shape index (κ3) is 1.83. The van der Waals surface area contributed by atoms with Crippen molar-refractivity contribution in [2.24, 2.45) is 5.92 Å². The molecule has 2 atom stereocenters. The van der Waals surface area contributed by atoms with E-state index in [0.717, 1.165) is 5.56 Å². The highest BCUT2D eigenvalue weighted by Gasteiger charge is 2.38. The Bertz CT molecular complexity index is 388. The Hall–Kier alpha value is -1.84. The summed E-state index contributed by atoms with van der Waals surface area (Å²) in [5.41, 5.74) is 0.843. The minimum atomic E-state index is -0.929. The highest BCUT2D eigenvalue weighted by Crippen LogP contribution is 2.30. The molecule has 0 spiro atoms. The normalized spacial score (nSPS) is 24.9. The Morgan fingerprint density at radius 1 is 1.33 bits per heavy atom. The largest absolute Gasteiger partial charge is 0.481 e. The summed E-state index contributed by atoms with van der Waals surface area (Å²) in [7, 11) is 0. The molecule has 2 rings (SSSR count). The summed E-state index contributed by atoms with van der Waals surface area (Å²) >= 11 is 0. The van der Waals surface area contributed by atoms with Gasteiger partial charge in [-0.2, -0.15) is 0 Å². The average Bonchev–Trinajstić information content (AvgIpc) is 2.62. The van der Waals surface area contributed by atoms with E-state index in [1.165, 1.54) is 0 Å². The summed E-state index contributed by atoms with van der Waals surface area (Å²) in [6, 6.07) is 8.78. The average molecular weight is 205 g/mol. The van der Waals surface area contributed by atoms with Crippen LogP contribution in [0.3, 0.4) is 0 Å². The van der Waals surface area contributed by atoms with Gasteiger partial charge >= 0.3 is 5.97 Å². The lowest BCUT2D eigenvalue weighted by Gasteiger charge is -2.15. The Kier molecular flexibility index (Phi) is 2.41. The zero-order valence-electron chi connectivity index (χ0n) is 8.01. The van der Waals surface area contributed by atoms with E-state index in [4.69, 9.17) is 5.11 Å². The van der Waals surface area contributed by atoms with E-state index < -0.39 is 17.9 Å². The first-order valence-corrected chi connectivity index (χ1v) is 4.75. The Morgan fingerprint density at radius 2 is 2.00 bits per heavy atom. The first kappa shape index (κ1) is 9.71. The molecule has 78 valence electrons. The van der Waals surface area contributed by atoms with Gasteiger partial charge in [-0.05, 0) is 5.56 Å². The molecule has 0 saturated carbocycles. The summed E-state index contributed by atoms with van der Waals surface area (Å²) < 4.78 is 0. The van der Waals surface area contributed by atoms with Crippen LogP contribution in [0.1, 0.15) is 18.0 Å². The molecule has 15 heavy (non-hydrogen) atoms. The molecule has 4 heteroatoms. The number of nitrogens with one attached hydrogen (secondary N) is 1. The van der Waals surface area contributed by atoms with Crippen LogP contribution in [0.2, 0.25) is 0 Å². The molecule has 4 nitrogen and oxygen atoms in total. The first-order chi connectivity index (χ1) is 7.18. The molecular weight excluding hydrogens is 194 g/mol. The van der Waals surface area contributed by atoms with Crippen molar-refractivity contribution in [3.05, 3.63) is 35.9 Å². The molecule has 1 aromatic rings. The van der Waals surface area contributed by atoms with Crippen molar-refractivity contribution in [2.75, 3.05) is 0 Å². The van der Waals surface area contributed by atoms with Crippen molar-refractivity contribution in [1.29, 1.82) is 0 Å². The number of benzene rings is 1. The highest BCUT2D eigenvalue weighted by molar-refractivity contribution is 5.87. The third-order valence-corrected chi connectivity index (χ3v) is 2.60. The van der Waals surface area contributed by atoms with Gasteiger partial charge in [0.05, 0.1) is 12.0 Å². The molecule has 0 aliphatic carbocycles. The number of carboxylic acid groups (broad SMARTS) is 1. The quantitative estimate of drug-likeness (QED) is 0.755. The standard InChI is InChI=1S/C11H11NO3/c13-9-6-8(11(14)15)10(12-9)7-4-2-1-3-5-7/h1-5,8,10H,6H2,(H,12,13)(H,14,15)/t8-,10?/m0/s1. The SMILES string of the molecule is O=C1C[C@H](C(=O)O)C(c2ccccc2)N1. The smallest absolute Gasteiger partial charge is 0.309 e. The van der Waals surface area contributed by atoms with Crippen LogP contribution in [0.4, 0.5) is 0 Å². The second kappa shape index (κ2) is 3.73. The van der Waals surface area contributed by atoms with Crippen molar-refractivity contribution in [3.63, 3.8) is 0 Å². The van der Waals surface area contributed by atoms with Crippen LogP contribution in [0.5, 0.6) is 0 Å². The highest BCUT2D eigenvalue weighted by atomic mass is 16.4. The number of hydrogen-bond donors (Lipinski definition) is 2. The van der Waals surface area contributed by atoms with Gasteiger partial charge in [0.25, 0.3) is 0 Å². The maximum absolute atomic E-state index is 11.2.